The third-order valence-electron chi connectivity index (χ3n) is 4.24. The molecule has 1 aliphatic heterocycles. The van der Waals surface area contributed by atoms with Gasteiger partial charge in [0.1, 0.15) is 6.10 Å². The molecule has 136 valence electrons. The van der Waals surface area contributed by atoms with E-state index in [1.165, 1.54) is 0 Å². The van der Waals surface area contributed by atoms with E-state index >= 15 is 0 Å². The lowest BCUT2D eigenvalue weighted by Gasteiger charge is -2.34. The Morgan fingerprint density at radius 3 is 2.25 bits per heavy atom. The van der Waals surface area contributed by atoms with E-state index in [-0.39, 0.29) is 30.3 Å². The summed E-state index contributed by atoms with van der Waals surface area (Å²) in [5, 5.41) is 0. The average molecular weight is 338 g/mol. The van der Waals surface area contributed by atoms with Crippen molar-refractivity contribution in [2.45, 2.75) is 58.5 Å². The zero-order valence-corrected chi connectivity index (χ0v) is 15.0. The second-order valence-corrected chi connectivity index (χ2v) is 6.15. The summed E-state index contributed by atoms with van der Waals surface area (Å²) < 4.78 is 5.34. The van der Waals surface area contributed by atoms with Crippen LogP contribution < -0.4 is 0 Å². The SMILES string of the molecule is C=CC(CCCC)OC(=O)CCCC(=O)N1CCN(C(C)=O)CC1. The van der Waals surface area contributed by atoms with E-state index < -0.39 is 0 Å². The van der Waals surface area contributed by atoms with Gasteiger partial charge in [0, 0.05) is 45.9 Å². The van der Waals surface area contributed by atoms with E-state index in [1.54, 1.807) is 22.8 Å². The fraction of sp³-hybridized carbons (Fsp3) is 0.722. The number of hydrogen-bond acceptors (Lipinski definition) is 4. The lowest BCUT2D eigenvalue weighted by Crippen LogP contribution is -2.50. The lowest BCUT2D eigenvalue weighted by molar-refractivity contribution is -0.147. The minimum Gasteiger partial charge on any atom is -0.458 e. The van der Waals surface area contributed by atoms with Crippen molar-refractivity contribution in [1.29, 1.82) is 0 Å². The number of hydrogen-bond donors (Lipinski definition) is 0. The van der Waals surface area contributed by atoms with E-state index in [1.807, 2.05) is 0 Å². The summed E-state index contributed by atoms with van der Waals surface area (Å²) in [6.07, 6.45) is 5.34. The van der Waals surface area contributed by atoms with Crippen LogP contribution >= 0.6 is 0 Å². The van der Waals surface area contributed by atoms with Crippen molar-refractivity contribution in [1.82, 2.24) is 9.80 Å². The van der Waals surface area contributed by atoms with Crippen LogP contribution in [0, 0.1) is 0 Å². The predicted octanol–water partition coefficient (Wildman–Crippen LogP) is 2.14. The maximum Gasteiger partial charge on any atom is 0.306 e. The molecule has 1 fully saturated rings. The molecule has 1 atom stereocenters. The molecule has 1 aliphatic rings. The summed E-state index contributed by atoms with van der Waals surface area (Å²) in [5.74, 6) is -0.188. The van der Waals surface area contributed by atoms with E-state index in [9.17, 15) is 14.4 Å². The van der Waals surface area contributed by atoms with Crippen molar-refractivity contribution >= 4 is 17.8 Å². The fourth-order valence-corrected chi connectivity index (χ4v) is 2.67. The maximum atomic E-state index is 12.1. The van der Waals surface area contributed by atoms with Crippen LogP contribution in [0.2, 0.25) is 0 Å². The summed E-state index contributed by atoms with van der Waals surface area (Å²) in [7, 11) is 0. The molecule has 6 heteroatoms. The first kappa shape index (κ1) is 20.2. The van der Waals surface area contributed by atoms with Crippen molar-refractivity contribution in [2.24, 2.45) is 0 Å². The van der Waals surface area contributed by atoms with Crippen LogP contribution in [0.3, 0.4) is 0 Å². The Morgan fingerprint density at radius 2 is 1.71 bits per heavy atom. The van der Waals surface area contributed by atoms with Gasteiger partial charge in [0.15, 0.2) is 0 Å². The summed E-state index contributed by atoms with van der Waals surface area (Å²) in [6, 6.07) is 0. The van der Waals surface area contributed by atoms with Crippen molar-refractivity contribution in [3.63, 3.8) is 0 Å². The molecule has 0 aromatic heterocycles. The molecule has 0 bridgehead atoms. The quantitative estimate of drug-likeness (QED) is 0.477. The first-order valence-corrected chi connectivity index (χ1v) is 8.83. The maximum absolute atomic E-state index is 12.1. The highest BCUT2D eigenvalue weighted by Gasteiger charge is 2.22. The number of ether oxygens (including phenoxy) is 1. The van der Waals surface area contributed by atoms with Crippen LogP contribution in [0.5, 0.6) is 0 Å². The highest BCUT2D eigenvalue weighted by Crippen LogP contribution is 2.10. The lowest BCUT2D eigenvalue weighted by atomic mass is 10.1. The minimum atomic E-state index is -0.273. The predicted molar refractivity (Wildman–Crippen MR) is 92.3 cm³/mol. The topological polar surface area (TPSA) is 66.9 Å². The van der Waals surface area contributed by atoms with Gasteiger partial charge in [0.2, 0.25) is 11.8 Å². The molecule has 0 radical (unpaired) electrons. The molecule has 0 aliphatic carbocycles. The van der Waals surface area contributed by atoms with Crippen LogP contribution in [-0.2, 0) is 19.1 Å². The number of unbranched alkanes of at least 4 members (excludes halogenated alkanes) is 1. The van der Waals surface area contributed by atoms with Gasteiger partial charge < -0.3 is 14.5 Å². The van der Waals surface area contributed by atoms with Crippen LogP contribution in [0.15, 0.2) is 12.7 Å². The van der Waals surface area contributed by atoms with E-state index in [0.29, 0.717) is 39.0 Å². The molecule has 0 aromatic rings. The molecule has 0 spiro atoms. The molecule has 6 nitrogen and oxygen atoms in total. The molecule has 24 heavy (non-hydrogen) atoms. The number of amides is 2. The van der Waals surface area contributed by atoms with Crippen LogP contribution in [0.1, 0.15) is 52.4 Å². The Labute approximate surface area is 144 Å². The van der Waals surface area contributed by atoms with Gasteiger partial charge in [0.05, 0.1) is 0 Å². The van der Waals surface area contributed by atoms with Crippen molar-refractivity contribution in [3.8, 4) is 0 Å². The third-order valence-corrected chi connectivity index (χ3v) is 4.24. The largest absolute Gasteiger partial charge is 0.458 e. The fourth-order valence-electron chi connectivity index (χ4n) is 2.67. The number of piperazine rings is 1. The Balaban J connectivity index is 2.22. The first-order valence-electron chi connectivity index (χ1n) is 8.83. The summed E-state index contributed by atoms with van der Waals surface area (Å²) in [5.41, 5.74) is 0. The number of carbonyl (C=O) groups excluding carboxylic acids is 3. The molecular weight excluding hydrogens is 308 g/mol. The summed E-state index contributed by atoms with van der Waals surface area (Å²) in [6.45, 7) is 9.62. The zero-order chi connectivity index (χ0) is 17.9. The molecule has 0 saturated carbocycles. The second-order valence-electron chi connectivity index (χ2n) is 6.15. The molecule has 0 N–H and O–H groups in total. The minimum absolute atomic E-state index is 0.0391. The standard InChI is InChI=1S/C18H30N2O4/c1-4-6-8-16(5-2)24-18(23)10-7-9-17(22)20-13-11-19(12-14-20)15(3)21/h5,16H,2,4,6-14H2,1,3H3. The van der Waals surface area contributed by atoms with Gasteiger partial charge in [-0.25, -0.2) is 0 Å². The van der Waals surface area contributed by atoms with Gasteiger partial charge in [-0.1, -0.05) is 26.0 Å². The summed E-state index contributed by atoms with van der Waals surface area (Å²) >= 11 is 0. The Hall–Kier alpha value is -1.85. The second kappa shape index (κ2) is 10.8. The number of esters is 1. The highest BCUT2D eigenvalue weighted by molar-refractivity contribution is 5.78. The first-order chi connectivity index (χ1) is 11.5. The van der Waals surface area contributed by atoms with Gasteiger partial charge in [-0.3, -0.25) is 14.4 Å². The van der Waals surface area contributed by atoms with Gasteiger partial charge in [-0.2, -0.15) is 0 Å². The Morgan fingerprint density at radius 1 is 1.08 bits per heavy atom. The smallest absolute Gasteiger partial charge is 0.306 e. The van der Waals surface area contributed by atoms with Gasteiger partial charge in [0.25, 0.3) is 0 Å². The number of nitrogens with zero attached hydrogens (tertiary/aromatic N) is 2. The van der Waals surface area contributed by atoms with Crippen molar-refractivity contribution in [2.75, 3.05) is 26.2 Å². The third kappa shape index (κ3) is 7.15. The Kier molecular flexibility index (Phi) is 9.12. The van der Waals surface area contributed by atoms with Gasteiger partial charge >= 0.3 is 5.97 Å². The highest BCUT2D eigenvalue weighted by atomic mass is 16.5. The van der Waals surface area contributed by atoms with Crippen molar-refractivity contribution < 1.29 is 19.1 Å². The monoisotopic (exact) mass is 338 g/mol. The normalized spacial score (nSPS) is 15.8. The van der Waals surface area contributed by atoms with Crippen LogP contribution in [-0.4, -0.2) is 59.9 Å². The van der Waals surface area contributed by atoms with Gasteiger partial charge in [-0.05, 0) is 19.3 Å². The van der Waals surface area contributed by atoms with Gasteiger partial charge in [-0.15, -0.1) is 0 Å². The molecule has 1 heterocycles. The van der Waals surface area contributed by atoms with E-state index in [4.69, 9.17) is 4.74 Å². The van der Waals surface area contributed by atoms with Crippen molar-refractivity contribution in [3.05, 3.63) is 12.7 Å². The summed E-state index contributed by atoms with van der Waals surface area (Å²) in [4.78, 5) is 38.7. The molecule has 1 unspecified atom stereocenters. The van der Waals surface area contributed by atoms with Crippen LogP contribution in [0.25, 0.3) is 0 Å². The molecule has 0 aromatic carbocycles. The van der Waals surface area contributed by atoms with E-state index in [2.05, 4.69) is 13.5 Å². The van der Waals surface area contributed by atoms with E-state index in [0.717, 1.165) is 19.3 Å². The number of carbonyl (C=O) groups is 3. The molecular formula is C18H30N2O4. The average Bonchev–Trinajstić information content (AvgIpc) is 2.58. The molecule has 2 amide bonds. The molecule has 1 saturated heterocycles. The Bertz CT molecular complexity index is 442. The number of rotatable bonds is 9. The zero-order valence-electron chi connectivity index (χ0n) is 15.0. The molecule has 1 rings (SSSR count). The van der Waals surface area contributed by atoms with Crippen LogP contribution in [0.4, 0.5) is 0 Å².